The van der Waals surface area contributed by atoms with E-state index in [0.717, 1.165) is 63.3 Å². The van der Waals surface area contributed by atoms with Crippen molar-refractivity contribution in [1.82, 2.24) is 20.6 Å². The summed E-state index contributed by atoms with van der Waals surface area (Å²) in [6.45, 7) is 3.41. The lowest BCUT2D eigenvalue weighted by atomic mass is 9.91. The normalized spacial score (nSPS) is 42.1. The molecule has 7 heteroatoms. The molecule has 1 aromatic heterocycles. The summed E-state index contributed by atoms with van der Waals surface area (Å²) >= 11 is 6.28. The van der Waals surface area contributed by atoms with Crippen molar-refractivity contribution < 1.29 is 9.47 Å². The Morgan fingerprint density at radius 1 is 0.957 bits per heavy atom. The molecule has 0 aliphatic carbocycles. The standard InChI is InChI=1S/C16H21ClN4O2/c17-14-20-12(15-3-1-10(22-15)6-18-8-15)5-13(21-14)16-4-2-11(23-16)7-19-9-16/h5,10-11,18-19H,1-4,6-9H2. The van der Waals surface area contributed by atoms with Gasteiger partial charge in [0.25, 0.3) is 0 Å². The lowest BCUT2D eigenvalue weighted by molar-refractivity contribution is -0.0763. The van der Waals surface area contributed by atoms with E-state index < -0.39 is 0 Å². The zero-order valence-corrected chi connectivity index (χ0v) is 13.7. The molecule has 124 valence electrons. The Labute approximate surface area is 140 Å². The van der Waals surface area contributed by atoms with Crippen LogP contribution in [0.25, 0.3) is 0 Å². The molecule has 4 bridgehead atoms. The molecule has 0 spiro atoms. The lowest BCUT2D eigenvalue weighted by Gasteiger charge is -2.36. The molecule has 5 heterocycles. The Bertz CT molecular complexity index is 586. The molecular formula is C16H21ClN4O2. The predicted octanol–water partition coefficient (Wildman–Crippen LogP) is 1.08. The van der Waals surface area contributed by atoms with E-state index in [1.54, 1.807) is 0 Å². The molecule has 5 rings (SSSR count). The number of hydrogen-bond acceptors (Lipinski definition) is 6. The number of nitrogens with one attached hydrogen (secondary N) is 2. The van der Waals surface area contributed by atoms with Crippen LogP contribution in [-0.4, -0.2) is 48.4 Å². The van der Waals surface area contributed by atoms with Gasteiger partial charge in [-0.05, 0) is 43.4 Å². The third kappa shape index (κ3) is 2.23. The smallest absolute Gasteiger partial charge is 0.223 e. The number of fused-ring (bicyclic) bond motifs is 4. The summed E-state index contributed by atoms with van der Waals surface area (Å²) < 4.78 is 12.6. The SMILES string of the molecule is Clc1nc(C23CCC(CNC2)O3)cc(C23CCC(CNC2)O3)n1. The number of ether oxygens (including phenoxy) is 2. The summed E-state index contributed by atoms with van der Waals surface area (Å²) in [6.07, 6.45) is 4.65. The Balaban J connectivity index is 1.56. The highest BCUT2D eigenvalue weighted by molar-refractivity contribution is 6.28. The third-order valence-electron chi connectivity index (χ3n) is 5.72. The Hall–Kier alpha value is -0.790. The number of nitrogens with zero attached hydrogens (tertiary/aromatic N) is 2. The number of rotatable bonds is 2. The minimum absolute atomic E-state index is 0.280. The highest BCUT2D eigenvalue weighted by Gasteiger charge is 2.49. The maximum atomic E-state index is 6.28. The van der Waals surface area contributed by atoms with E-state index in [2.05, 4.69) is 26.7 Å². The van der Waals surface area contributed by atoms with Gasteiger partial charge in [0.1, 0.15) is 11.2 Å². The molecule has 0 amide bonds. The van der Waals surface area contributed by atoms with Crippen molar-refractivity contribution >= 4 is 11.6 Å². The summed E-state index contributed by atoms with van der Waals surface area (Å²) in [7, 11) is 0. The molecule has 4 saturated heterocycles. The van der Waals surface area contributed by atoms with E-state index in [1.807, 2.05) is 0 Å². The van der Waals surface area contributed by atoms with Crippen molar-refractivity contribution in [1.29, 1.82) is 0 Å². The van der Waals surface area contributed by atoms with Crippen molar-refractivity contribution in [3.05, 3.63) is 22.7 Å². The van der Waals surface area contributed by atoms with Gasteiger partial charge in [-0.15, -0.1) is 0 Å². The first-order valence-corrected chi connectivity index (χ1v) is 8.88. The lowest BCUT2D eigenvalue weighted by Crippen LogP contribution is -2.48. The highest BCUT2D eigenvalue weighted by Crippen LogP contribution is 2.44. The number of hydrogen-bond donors (Lipinski definition) is 2. The Kier molecular flexibility index (Phi) is 3.23. The van der Waals surface area contributed by atoms with Gasteiger partial charge >= 0.3 is 0 Å². The van der Waals surface area contributed by atoms with E-state index >= 15 is 0 Å². The topological polar surface area (TPSA) is 68.3 Å². The van der Waals surface area contributed by atoms with E-state index in [0.29, 0.717) is 0 Å². The first kappa shape index (κ1) is 14.5. The maximum Gasteiger partial charge on any atom is 0.223 e. The fourth-order valence-corrected chi connectivity index (χ4v) is 4.70. The molecule has 4 aliphatic rings. The van der Waals surface area contributed by atoms with Gasteiger partial charge in [0.05, 0.1) is 23.6 Å². The first-order chi connectivity index (χ1) is 11.2. The van der Waals surface area contributed by atoms with Crippen LogP contribution < -0.4 is 10.6 Å². The van der Waals surface area contributed by atoms with Gasteiger partial charge in [0.2, 0.25) is 5.28 Å². The highest BCUT2D eigenvalue weighted by atomic mass is 35.5. The van der Waals surface area contributed by atoms with Crippen molar-refractivity contribution in [2.45, 2.75) is 49.1 Å². The zero-order chi connectivity index (χ0) is 15.5. The summed E-state index contributed by atoms with van der Waals surface area (Å²) in [5.41, 5.74) is 1.07. The van der Waals surface area contributed by atoms with Crippen LogP contribution in [0.2, 0.25) is 5.28 Å². The fraction of sp³-hybridized carbons (Fsp3) is 0.750. The quantitative estimate of drug-likeness (QED) is 0.788. The van der Waals surface area contributed by atoms with Crippen LogP contribution in [0, 0.1) is 0 Å². The van der Waals surface area contributed by atoms with Crippen molar-refractivity contribution in [2.75, 3.05) is 26.2 Å². The Morgan fingerprint density at radius 3 is 2.00 bits per heavy atom. The summed E-state index contributed by atoms with van der Waals surface area (Å²) in [5.74, 6) is 0. The minimum Gasteiger partial charge on any atom is -0.363 e. The van der Waals surface area contributed by atoms with Gasteiger partial charge in [-0.1, -0.05) is 0 Å². The molecule has 0 radical (unpaired) electrons. The van der Waals surface area contributed by atoms with Crippen LogP contribution in [0.15, 0.2) is 6.07 Å². The van der Waals surface area contributed by atoms with Crippen molar-refractivity contribution in [3.8, 4) is 0 Å². The number of aromatic nitrogens is 2. The fourth-order valence-electron chi connectivity index (χ4n) is 4.52. The summed E-state index contributed by atoms with van der Waals surface area (Å²) in [5, 5.41) is 7.22. The second kappa shape index (κ2) is 5.10. The predicted molar refractivity (Wildman–Crippen MR) is 84.4 cm³/mol. The molecule has 2 N–H and O–H groups in total. The summed E-state index contributed by atoms with van der Waals surface area (Å²) in [6, 6.07) is 2.07. The molecule has 4 fully saturated rings. The first-order valence-electron chi connectivity index (χ1n) is 8.50. The van der Waals surface area contributed by atoms with E-state index in [4.69, 9.17) is 21.1 Å². The van der Waals surface area contributed by atoms with Gasteiger partial charge in [-0.3, -0.25) is 0 Å². The molecule has 1 aromatic rings. The number of halogens is 1. The molecule has 23 heavy (non-hydrogen) atoms. The largest absolute Gasteiger partial charge is 0.363 e. The number of morpholine rings is 2. The maximum absolute atomic E-state index is 6.28. The molecule has 0 aromatic carbocycles. The monoisotopic (exact) mass is 336 g/mol. The van der Waals surface area contributed by atoms with Gasteiger partial charge in [-0.25, -0.2) is 9.97 Å². The van der Waals surface area contributed by atoms with E-state index in [-0.39, 0.29) is 28.7 Å². The average molecular weight is 337 g/mol. The van der Waals surface area contributed by atoms with Crippen LogP contribution in [0.5, 0.6) is 0 Å². The Morgan fingerprint density at radius 2 is 1.48 bits per heavy atom. The second-order valence-electron chi connectivity index (χ2n) is 7.21. The van der Waals surface area contributed by atoms with Crippen molar-refractivity contribution in [3.63, 3.8) is 0 Å². The third-order valence-corrected chi connectivity index (χ3v) is 5.89. The second-order valence-corrected chi connectivity index (χ2v) is 7.55. The average Bonchev–Trinajstić information content (AvgIpc) is 3.04. The zero-order valence-electron chi connectivity index (χ0n) is 13.0. The van der Waals surface area contributed by atoms with Gasteiger partial charge in [0.15, 0.2) is 0 Å². The summed E-state index contributed by atoms with van der Waals surface area (Å²) in [4.78, 5) is 9.03. The van der Waals surface area contributed by atoms with Crippen LogP contribution in [0.1, 0.15) is 37.1 Å². The van der Waals surface area contributed by atoms with Crippen LogP contribution in [0.3, 0.4) is 0 Å². The van der Waals surface area contributed by atoms with Gasteiger partial charge in [0, 0.05) is 26.2 Å². The molecule has 0 saturated carbocycles. The van der Waals surface area contributed by atoms with Crippen LogP contribution in [-0.2, 0) is 20.7 Å². The van der Waals surface area contributed by atoms with Crippen molar-refractivity contribution in [2.24, 2.45) is 0 Å². The molecule has 6 nitrogen and oxygen atoms in total. The molecule has 4 aliphatic heterocycles. The van der Waals surface area contributed by atoms with Crippen LogP contribution in [0.4, 0.5) is 0 Å². The van der Waals surface area contributed by atoms with Crippen LogP contribution >= 0.6 is 11.6 Å². The molecular weight excluding hydrogens is 316 g/mol. The minimum atomic E-state index is -0.360. The van der Waals surface area contributed by atoms with E-state index in [9.17, 15) is 0 Å². The molecule has 4 unspecified atom stereocenters. The van der Waals surface area contributed by atoms with Gasteiger partial charge < -0.3 is 20.1 Å². The van der Waals surface area contributed by atoms with E-state index in [1.165, 1.54) is 0 Å². The van der Waals surface area contributed by atoms with Gasteiger partial charge in [-0.2, -0.15) is 0 Å². The molecule has 4 atom stereocenters.